The lowest BCUT2D eigenvalue weighted by atomic mass is 10.2. The third-order valence-electron chi connectivity index (χ3n) is 3.81. The van der Waals surface area contributed by atoms with Crippen LogP contribution in [0.4, 0.5) is 5.69 Å². The van der Waals surface area contributed by atoms with Crippen molar-refractivity contribution in [1.82, 2.24) is 0 Å². The fraction of sp³-hybridized carbons (Fsp3) is 0.0476. The fourth-order valence-electron chi connectivity index (χ4n) is 2.38. The molecule has 0 unspecified atom stereocenters. The van der Waals surface area contributed by atoms with Crippen molar-refractivity contribution in [2.45, 2.75) is 0 Å². The van der Waals surface area contributed by atoms with Gasteiger partial charge < -0.3 is 14.8 Å². The van der Waals surface area contributed by atoms with Crippen LogP contribution in [0.1, 0.15) is 20.7 Å². The van der Waals surface area contributed by atoms with E-state index >= 15 is 0 Å². The number of carbonyl (C=O) groups excluding carboxylic acids is 2. The third kappa shape index (κ3) is 4.82. The second-order valence-electron chi connectivity index (χ2n) is 5.72. The minimum atomic E-state index is -0.526. The van der Waals surface area contributed by atoms with Gasteiger partial charge in [0.05, 0.1) is 23.4 Å². The van der Waals surface area contributed by atoms with E-state index in [1.54, 1.807) is 54.6 Å². The predicted octanol–water partition coefficient (Wildman–Crippen LogP) is 5.47. The molecule has 1 amide bonds. The number of anilines is 1. The van der Waals surface area contributed by atoms with Crippen molar-refractivity contribution in [3.05, 3.63) is 87.9 Å². The highest BCUT2D eigenvalue weighted by molar-refractivity contribution is 6.35. The molecule has 1 N–H and O–H groups in total. The lowest BCUT2D eigenvalue weighted by Crippen LogP contribution is -2.12. The Labute approximate surface area is 171 Å². The Bertz CT molecular complexity index is 1020. The lowest BCUT2D eigenvalue weighted by molar-refractivity contribution is 0.0734. The first-order valence-electron chi connectivity index (χ1n) is 8.19. The summed E-state index contributed by atoms with van der Waals surface area (Å²) in [6, 6.07) is 17.6. The van der Waals surface area contributed by atoms with E-state index < -0.39 is 5.97 Å². The average Bonchev–Trinajstić information content (AvgIpc) is 2.71. The first-order chi connectivity index (χ1) is 13.5. The van der Waals surface area contributed by atoms with E-state index in [9.17, 15) is 9.59 Å². The van der Waals surface area contributed by atoms with Gasteiger partial charge in [0.1, 0.15) is 11.5 Å². The number of halogens is 2. The van der Waals surface area contributed by atoms with Gasteiger partial charge >= 0.3 is 5.97 Å². The van der Waals surface area contributed by atoms with Crippen LogP contribution in [0, 0.1) is 0 Å². The van der Waals surface area contributed by atoms with Crippen molar-refractivity contribution in [3.63, 3.8) is 0 Å². The Morgan fingerprint density at radius 1 is 0.857 bits per heavy atom. The van der Waals surface area contributed by atoms with Gasteiger partial charge in [0.25, 0.3) is 5.91 Å². The number of methoxy groups -OCH3 is 1. The Hall–Kier alpha value is -3.02. The van der Waals surface area contributed by atoms with E-state index in [1.165, 1.54) is 19.2 Å². The number of rotatable bonds is 5. The number of ether oxygens (including phenoxy) is 2. The van der Waals surface area contributed by atoms with Gasteiger partial charge in [-0.25, -0.2) is 4.79 Å². The maximum Gasteiger partial charge on any atom is 0.343 e. The lowest BCUT2D eigenvalue weighted by Gasteiger charge is -2.09. The summed E-state index contributed by atoms with van der Waals surface area (Å²) >= 11 is 12.0. The average molecular weight is 416 g/mol. The molecule has 0 aliphatic rings. The first-order valence-corrected chi connectivity index (χ1v) is 8.94. The standard InChI is InChI=1S/C21H15Cl2NO4/c1-27-17-4-2-3-14(11-17)21(26)28-16-8-5-13(6-9-16)20(25)24-19-12-15(22)7-10-18(19)23/h2-12H,1H3,(H,24,25). The van der Waals surface area contributed by atoms with Crippen LogP contribution < -0.4 is 14.8 Å². The third-order valence-corrected chi connectivity index (χ3v) is 4.37. The highest BCUT2D eigenvalue weighted by Gasteiger charge is 2.12. The van der Waals surface area contributed by atoms with E-state index in [0.29, 0.717) is 38.4 Å². The molecule has 0 aliphatic carbocycles. The largest absolute Gasteiger partial charge is 0.497 e. The second kappa shape index (κ2) is 8.78. The number of hydrogen-bond donors (Lipinski definition) is 1. The summed E-state index contributed by atoms with van der Waals surface area (Å²) in [5, 5.41) is 3.52. The van der Waals surface area contributed by atoms with Gasteiger partial charge in [-0.3, -0.25) is 4.79 Å². The van der Waals surface area contributed by atoms with E-state index in [4.69, 9.17) is 32.7 Å². The molecule has 0 fully saturated rings. The Kier molecular flexibility index (Phi) is 6.19. The molecule has 0 saturated carbocycles. The normalized spacial score (nSPS) is 10.2. The van der Waals surface area contributed by atoms with Crippen molar-refractivity contribution in [3.8, 4) is 11.5 Å². The summed E-state index contributed by atoms with van der Waals surface area (Å²) in [5.41, 5.74) is 1.14. The van der Waals surface area contributed by atoms with Crippen molar-refractivity contribution in [1.29, 1.82) is 0 Å². The molecule has 142 valence electrons. The van der Waals surface area contributed by atoms with Crippen molar-refractivity contribution in [2.75, 3.05) is 12.4 Å². The van der Waals surface area contributed by atoms with Crippen LogP contribution in [0.2, 0.25) is 10.0 Å². The molecule has 0 atom stereocenters. The molecule has 5 nitrogen and oxygen atoms in total. The minimum Gasteiger partial charge on any atom is -0.497 e. The molecule has 3 aromatic carbocycles. The van der Waals surface area contributed by atoms with Gasteiger partial charge in [0.15, 0.2) is 0 Å². The minimum absolute atomic E-state index is 0.310. The van der Waals surface area contributed by atoms with Crippen molar-refractivity contribution >= 4 is 40.8 Å². The molecule has 3 aromatic rings. The highest BCUT2D eigenvalue weighted by Crippen LogP contribution is 2.26. The van der Waals surface area contributed by atoms with Crippen LogP contribution in [0.15, 0.2) is 66.7 Å². The Morgan fingerprint density at radius 3 is 2.32 bits per heavy atom. The van der Waals surface area contributed by atoms with Crippen LogP contribution >= 0.6 is 23.2 Å². The van der Waals surface area contributed by atoms with E-state index in [1.807, 2.05) is 0 Å². The Morgan fingerprint density at radius 2 is 1.61 bits per heavy atom. The number of amides is 1. The molecule has 3 rings (SSSR count). The van der Waals surface area contributed by atoms with Gasteiger partial charge in [-0.05, 0) is 60.7 Å². The van der Waals surface area contributed by atoms with Crippen molar-refractivity contribution in [2.24, 2.45) is 0 Å². The molecule has 28 heavy (non-hydrogen) atoms. The second-order valence-corrected chi connectivity index (χ2v) is 6.57. The van der Waals surface area contributed by atoms with E-state index in [2.05, 4.69) is 5.32 Å². The summed E-state index contributed by atoms with van der Waals surface area (Å²) in [5.74, 6) is -0.0250. The maximum absolute atomic E-state index is 12.4. The summed E-state index contributed by atoms with van der Waals surface area (Å²) in [7, 11) is 1.52. The van der Waals surface area contributed by atoms with Gasteiger partial charge in [0.2, 0.25) is 0 Å². The van der Waals surface area contributed by atoms with E-state index in [-0.39, 0.29) is 5.91 Å². The summed E-state index contributed by atoms with van der Waals surface area (Å²) < 4.78 is 10.4. The fourth-order valence-corrected chi connectivity index (χ4v) is 2.72. The summed E-state index contributed by atoms with van der Waals surface area (Å²) in [6.07, 6.45) is 0. The maximum atomic E-state index is 12.4. The van der Waals surface area contributed by atoms with E-state index in [0.717, 1.165) is 0 Å². The van der Waals surface area contributed by atoms with Gasteiger partial charge in [-0.1, -0.05) is 29.3 Å². The quantitative estimate of drug-likeness (QED) is 0.442. The van der Waals surface area contributed by atoms with Gasteiger partial charge in [-0.2, -0.15) is 0 Å². The van der Waals surface area contributed by atoms with Crippen LogP contribution in [0.3, 0.4) is 0 Å². The molecular weight excluding hydrogens is 401 g/mol. The van der Waals surface area contributed by atoms with Gasteiger partial charge in [0, 0.05) is 10.6 Å². The monoisotopic (exact) mass is 415 g/mol. The summed E-state index contributed by atoms with van der Waals surface area (Å²) in [6.45, 7) is 0. The topological polar surface area (TPSA) is 64.6 Å². The predicted molar refractivity (Wildman–Crippen MR) is 109 cm³/mol. The zero-order valence-electron chi connectivity index (χ0n) is 14.7. The molecule has 0 spiro atoms. The molecule has 0 aromatic heterocycles. The molecule has 7 heteroatoms. The summed E-state index contributed by atoms with van der Waals surface area (Å²) in [4.78, 5) is 24.6. The molecular formula is C21H15Cl2NO4. The van der Waals surface area contributed by atoms with Crippen LogP contribution in [0.25, 0.3) is 0 Å². The van der Waals surface area contributed by atoms with Crippen molar-refractivity contribution < 1.29 is 19.1 Å². The zero-order valence-corrected chi connectivity index (χ0v) is 16.3. The van der Waals surface area contributed by atoms with Gasteiger partial charge in [-0.15, -0.1) is 0 Å². The number of benzene rings is 3. The molecule has 0 heterocycles. The molecule has 0 aliphatic heterocycles. The SMILES string of the molecule is COc1cccc(C(=O)Oc2ccc(C(=O)Nc3cc(Cl)ccc3Cl)cc2)c1. The number of esters is 1. The highest BCUT2D eigenvalue weighted by atomic mass is 35.5. The Balaban J connectivity index is 1.68. The number of carbonyl (C=O) groups is 2. The molecule has 0 saturated heterocycles. The number of nitrogens with one attached hydrogen (secondary N) is 1. The number of hydrogen-bond acceptors (Lipinski definition) is 4. The molecule has 0 radical (unpaired) electrons. The zero-order chi connectivity index (χ0) is 20.1. The first kappa shape index (κ1) is 19.7. The van der Waals surface area contributed by atoms with Crippen LogP contribution in [0.5, 0.6) is 11.5 Å². The van der Waals surface area contributed by atoms with Crippen LogP contribution in [-0.2, 0) is 0 Å². The smallest absolute Gasteiger partial charge is 0.343 e. The van der Waals surface area contributed by atoms with Crippen LogP contribution in [-0.4, -0.2) is 19.0 Å². The molecule has 0 bridgehead atoms.